The van der Waals surface area contributed by atoms with E-state index >= 15 is 0 Å². The molecule has 64 valence electrons. The molecule has 1 aromatic rings. The summed E-state index contributed by atoms with van der Waals surface area (Å²) in [5.41, 5.74) is 1.02. The topological polar surface area (TPSA) is 16.1 Å². The fourth-order valence-corrected chi connectivity index (χ4v) is 1.36. The minimum atomic E-state index is -0.617. The van der Waals surface area contributed by atoms with Crippen molar-refractivity contribution in [1.82, 2.24) is 9.88 Å². The van der Waals surface area contributed by atoms with Gasteiger partial charge >= 0.3 is 0 Å². The maximum Gasteiger partial charge on any atom is 0.125 e. The van der Waals surface area contributed by atoms with E-state index in [0.29, 0.717) is 13.1 Å². The van der Waals surface area contributed by atoms with E-state index in [9.17, 15) is 4.39 Å². The Kier molecular flexibility index (Phi) is 2.04. The molecule has 0 saturated carbocycles. The molecule has 0 spiro atoms. The molecule has 0 radical (unpaired) electrons. The van der Waals surface area contributed by atoms with Crippen LogP contribution in [0.3, 0.4) is 0 Å². The highest BCUT2D eigenvalue weighted by molar-refractivity contribution is 5.04. The fraction of sp³-hybridized carbons (Fsp3) is 0.444. The Morgan fingerprint density at radius 2 is 2.33 bits per heavy atom. The van der Waals surface area contributed by atoms with Crippen LogP contribution in [0.2, 0.25) is 0 Å². The predicted octanol–water partition coefficient (Wildman–Crippen LogP) is 1.24. The van der Waals surface area contributed by atoms with Gasteiger partial charge in [-0.05, 0) is 12.1 Å². The predicted molar refractivity (Wildman–Crippen MR) is 44.4 cm³/mol. The minimum absolute atomic E-state index is 0.566. The number of halogens is 1. The monoisotopic (exact) mass is 166 g/mol. The SMILES string of the molecule is FC1CN(Cc2ccccn2)C1. The van der Waals surface area contributed by atoms with Crippen molar-refractivity contribution in [3.63, 3.8) is 0 Å². The zero-order valence-electron chi connectivity index (χ0n) is 6.78. The lowest BCUT2D eigenvalue weighted by molar-refractivity contribution is 0.0580. The van der Waals surface area contributed by atoms with Crippen molar-refractivity contribution in [2.45, 2.75) is 12.7 Å². The Bertz CT molecular complexity index is 244. The number of rotatable bonds is 2. The first-order valence-corrected chi connectivity index (χ1v) is 4.11. The standard InChI is InChI=1S/C9H11FN2/c10-8-5-12(6-8)7-9-3-1-2-4-11-9/h1-4,8H,5-7H2. The van der Waals surface area contributed by atoms with Gasteiger partial charge in [-0.25, -0.2) is 4.39 Å². The highest BCUT2D eigenvalue weighted by Crippen LogP contribution is 2.13. The van der Waals surface area contributed by atoms with Crippen molar-refractivity contribution in [1.29, 1.82) is 0 Å². The largest absolute Gasteiger partial charge is 0.292 e. The van der Waals surface area contributed by atoms with Crippen molar-refractivity contribution < 1.29 is 4.39 Å². The second-order valence-corrected chi connectivity index (χ2v) is 3.11. The molecule has 0 aromatic carbocycles. The fourth-order valence-electron chi connectivity index (χ4n) is 1.36. The van der Waals surface area contributed by atoms with Crippen molar-refractivity contribution >= 4 is 0 Å². The quantitative estimate of drug-likeness (QED) is 0.657. The zero-order valence-corrected chi connectivity index (χ0v) is 6.78. The summed E-state index contributed by atoms with van der Waals surface area (Å²) in [6, 6.07) is 5.80. The Morgan fingerprint density at radius 1 is 1.50 bits per heavy atom. The van der Waals surface area contributed by atoms with Crippen LogP contribution < -0.4 is 0 Å². The average Bonchev–Trinajstić information content (AvgIpc) is 2.04. The number of hydrogen-bond donors (Lipinski definition) is 0. The molecule has 1 saturated heterocycles. The van der Waals surface area contributed by atoms with Gasteiger partial charge in [0.15, 0.2) is 0 Å². The summed E-state index contributed by atoms with van der Waals surface area (Å²) in [5, 5.41) is 0. The van der Waals surface area contributed by atoms with E-state index in [1.165, 1.54) is 0 Å². The molecule has 0 N–H and O–H groups in total. The van der Waals surface area contributed by atoms with E-state index < -0.39 is 6.17 Å². The molecule has 0 amide bonds. The molecule has 1 aliphatic heterocycles. The first kappa shape index (κ1) is 7.68. The van der Waals surface area contributed by atoms with Crippen LogP contribution in [0, 0.1) is 0 Å². The van der Waals surface area contributed by atoms with Gasteiger partial charge in [0, 0.05) is 25.8 Å². The van der Waals surface area contributed by atoms with Crippen LogP contribution in [0.1, 0.15) is 5.69 Å². The van der Waals surface area contributed by atoms with Crippen LogP contribution in [0.5, 0.6) is 0 Å². The van der Waals surface area contributed by atoms with Gasteiger partial charge in [0.05, 0.1) is 5.69 Å². The second kappa shape index (κ2) is 3.19. The third kappa shape index (κ3) is 1.61. The van der Waals surface area contributed by atoms with E-state index in [0.717, 1.165) is 12.2 Å². The zero-order chi connectivity index (χ0) is 8.39. The Labute approximate surface area is 71.0 Å². The van der Waals surface area contributed by atoms with Crippen LogP contribution in [0.15, 0.2) is 24.4 Å². The summed E-state index contributed by atoms with van der Waals surface area (Å²) in [5.74, 6) is 0. The highest BCUT2D eigenvalue weighted by Gasteiger charge is 2.25. The first-order valence-electron chi connectivity index (χ1n) is 4.11. The van der Waals surface area contributed by atoms with E-state index in [-0.39, 0.29) is 0 Å². The van der Waals surface area contributed by atoms with Gasteiger partial charge in [-0.2, -0.15) is 0 Å². The number of alkyl halides is 1. The average molecular weight is 166 g/mol. The summed E-state index contributed by atoms with van der Waals surface area (Å²) in [6.45, 7) is 1.91. The second-order valence-electron chi connectivity index (χ2n) is 3.11. The molecule has 2 heterocycles. The molecule has 0 aliphatic carbocycles. The molecule has 2 nitrogen and oxygen atoms in total. The molecule has 0 bridgehead atoms. The van der Waals surface area contributed by atoms with Crippen molar-refractivity contribution in [2.24, 2.45) is 0 Å². The Balaban J connectivity index is 1.88. The summed E-state index contributed by atoms with van der Waals surface area (Å²) in [4.78, 5) is 6.21. The van der Waals surface area contributed by atoms with Gasteiger partial charge in [0.25, 0.3) is 0 Å². The molecule has 3 heteroatoms. The van der Waals surface area contributed by atoms with Gasteiger partial charge in [0.2, 0.25) is 0 Å². The summed E-state index contributed by atoms with van der Waals surface area (Å²) >= 11 is 0. The number of pyridine rings is 1. The lowest BCUT2D eigenvalue weighted by Gasteiger charge is -2.33. The minimum Gasteiger partial charge on any atom is -0.292 e. The maximum atomic E-state index is 12.4. The number of likely N-dealkylation sites (tertiary alicyclic amines) is 1. The maximum absolute atomic E-state index is 12.4. The Morgan fingerprint density at radius 3 is 2.92 bits per heavy atom. The van der Waals surface area contributed by atoms with E-state index in [1.807, 2.05) is 23.1 Å². The highest BCUT2D eigenvalue weighted by atomic mass is 19.1. The van der Waals surface area contributed by atoms with Gasteiger partial charge in [-0.15, -0.1) is 0 Å². The van der Waals surface area contributed by atoms with E-state index in [2.05, 4.69) is 4.98 Å². The van der Waals surface area contributed by atoms with Crippen LogP contribution in [0.25, 0.3) is 0 Å². The molecular formula is C9H11FN2. The van der Waals surface area contributed by atoms with Gasteiger partial charge < -0.3 is 0 Å². The normalized spacial score (nSPS) is 19.1. The van der Waals surface area contributed by atoms with Crippen molar-refractivity contribution in [3.05, 3.63) is 30.1 Å². The smallest absolute Gasteiger partial charge is 0.125 e. The number of aromatic nitrogens is 1. The van der Waals surface area contributed by atoms with E-state index in [1.54, 1.807) is 6.20 Å². The van der Waals surface area contributed by atoms with Gasteiger partial charge in [0.1, 0.15) is 6.17 Å². The van der Waals surface area contributed by atoms with Crippen LogP contribution in [0.4, 0.5) is 4.39 Å². The molecule has 1 aromatic heterocycles. The van der Waals surface area contributed by atoms with Crippen molar-refractivity contribution in [2.75, 3.05) is 13.1 Å². The van der Waals surface area contributed by atoms with E-state index in [4.69, 9.17) is 0 Å². The first-order chi connectivity index (χ1) is 5.84. The number of hydrogen-bond acceptors (Lipinski definition) is 2. The van der Waals surface area contributed by atoms with Crippen LogP contribution >= 0.6 is 0 Å². The van der Waals surface area contributed by atoms with Crippen molar-refractivity contribution in [3.8, 4) is 0 Å². The summed E-state index contributed by atoms with van der Waals surface area (Å²) in [7, 11) is 0. The molecule has 1 fully saturated rings. The molecular weight excluding hydrogens is 155 g/mol. The molecule has 2 rings (SSSR count). The van der Waals surface area contributed by atoms with Gasteiger partial charge in [-0.3, -0.25) is 9.88 Å². The molecule has 0 unspecified atom stereocenters. The lowest BCUT2D eigenvalue weighted by atomic mass is 10.2. The molecule has 12 heavy (non-hydrogen) atoms. The third-order valence-electron chi connectivity index (χ3n) is 2.02. The Hall–Kier alpha value is -0.960. The van der Waals surface area contributed by atoms with Gasteiger partial charge in [-0.1, -0.05) is 6.07 Å². The lowest BCUT2D eigenvalue weighted by Crippen LogP contribution is -2.47. The summed E-state index contributed by atoms with van der Waals surface area (Å²) < 4.78 is 12.4. The third-order valence-corrected chi connectivity index (χ3v) is 2.02. The number of nitrogens with zero attached hydrogens (tertiary/aromatic N) is 2. The summed E-state index contributed by atoms with van der Waals surface area (Å²) in [6.07, 6.45) is 1.15. The van der Waals surface area contributed by atoms with Crippen LogP contribution in [-0.2, 0) is 6.54 Å². The molecule has 0 atom stereocenters. The van der Waals surface area contributed by atoms with Crippen LogP contribution in [-0.4, -0.2) is 29.1 Å². The molecule has 1 aliphatic rings.